The first-order valence-corrected chi connectivity index (χ1v) is 22.3. The number of hydrogen-bond acceptors (Lipinski definition) is 3. The molecule has 0 spiro atoms. The van der Waals surface area contributed by atoms with Gasteiger partial charge in [-0.05, 0) is 121 Å². The first kappa shape index (κ1) is 39.8. The number of fused-ring (bicyclic) bond motifs is 9. The number of nitrogens with zero attached hydrogens (tertiary/aromatic N) is 2. The Labute approximate surface area is 363 Å². The molecule has 3 heterocycles. The molecule has 0 radical (unpaired) electrons. The fourth-order valence-corrected chi connectivity index (χ4v) is 11.4. The van der Waals surface area contributed by atoms with Crippen LogP contribution in [0, 0.1) is 0 Å². The van der Waals surface area contributed by atoms with Crippen LogP contribution in [0.3, 0.4) is 0 Å². The molecule has 61 heavy (non-hydrogen) atoms. The van der Waals surface area contributed by atoms with E-state index in [2.05, 4.69) is 189 Å². The zero-order valence-electron chi connectivity index (χ0n) is 37.0. The Morgan fingerprint density at radius 1 is 0.525 bits per heavy atom. The van der Waals surface area contributed by atoms with E-state index >= 15 is 13.2 Å². The van der Waals surface area contributed by atoms with Crippen molar-refractivity contribution < 1.29 is 13.2 Å². The van der Waals surface area contributed by atoms with E-state index < -0.39 is 11.7 Å². The molecular weight excluding hydrogens is 776 g/mol. The lowest BCUT2D eigenvalue weighted by atomic mass is 9.36. The Bertz CT molecular complexity index is 2940. The van der Waals surface area contributed by atoms with Gasteiger partial charge in [-0.25, -0.2) is 0 Å². The van der Waals surface area contributed by atoms with E-state index in [0.29, 0.717) is 11.4 Å². The van der Waals surface area contributed by atoms with E-state index in [0.717, 1.165) is 59.7 Å². The average Bonchev–Trinajstić information content (AvgIpc) is 3.66. The van der Waals surface area contributed by atoms with E-state index in [4.69, 9.17) is 0 Å². The molecule has 3 aliphatic rings. The third-order valence-corrected chi connectivity index (χ3v) is 14.7. The summed E-state index contributed by atoms with van der Waals surface area (Å²) >= 11 is 1.80. The highest BCUT2D eigenvalue weighted by Crippen LogP contribution is 2.54. The van der Waals surface area contributed by atoms with E-state index in [1.54, 1.807) is 11.3 Å². The molecule has 2 nitrogen and oxygen atoms in total. The molecule has 0 saturated carbocycles. The van der Waals surface area contributed by atoms with Gasteiger partial charge in [-0.3, -0.25) is 0 Å². The van der Waals surface area contributed by atoms with E-state index in [-0.39, 0.29) is 28.4 Å². The summed E-state index contributed by atoms with van der Waals surface area (Å²) in [5.74, 6) is 0. The number of hydrogen-bond donors (Lipinski definition) is 0. The summed E-state index contributed by atoms with van der Waals surface area (Å²) < 4.78 is 48.8. The normalized spacial score (nSPS) is 15.4. The molecular formula is C54H52BF3N2S. The predicted molar refractivity (Wildman–Crippen MR) is 255 cm³/mol. The number of thiophene rings is 1. The van der Waals surface area contributed by atoms with Gasteiger partial charge in [0.05, 0.1) is 11.3 Å². The van der Waals surface area contributed by atoms with Crippen LogP contribution in [-0.4, -0.2) is 6.71 Å². The van der Waals surface area contributed by atoms with Gasteiger partial charge in [0, 0.05) is 48.7 Å². The maximum atomic E-state index is 15.5. The second-order valence-corrected chi connectivity index (χ2v) is 22.1. The Hall–Kier alpha value is -5.27. The second kappa shape index (κ2) is 12.9. The summed E-state index contributed by atoms with van der Waals surface area (Å²) in [6, 6.07) is 39.7. The number of alkyl halides is 3. The lowest BCUT2D eigenvalue weighted by Crippen LogP contribution is -2.60. The van der Waals surface area contributed by atoms with E-state index in [1.807, 2.05) is 0 Å². The van der Waals surface area contributed by atoms with Gasteiger partial charge in [-0.2, -0.15) is 13.2 Å². The van der Waals surface area contributed by atoms with E-state index in [9.17, 15) is 0 Å². The van der Waals surface area contributed by atoms with Crippen molar-refractivity contribution in [3.8, 4) is 11.1 Å². The third-order valence-electron chi connectivity index (χ3n) is 13.5. The summed E-state index contributed by atoms with van der Waals surface area (Å²) in [5, 5.41) is 1.06. The molecule has 2 aliphatic heterocycles. The lowest BCUT2D eigenvalue weighted by molar-refractivity contribution is -0.137. The Kier molecular flexibility index (Phi) is 8.42. The Morgan fingerprint density at radius 3 is 1.64 bits per heavy atom. The number of anilines is 6. The zero-order valence-corrected chi connectivity index (χ0v) is 37.8. The van der Waals surface area contributed by atoms with Gasteiger partial charge in [0.2, 0.25) is 0 Å². The van der Waals surface area contributed by atoms with Crippen molar-refractivity contribution in [2.45, 2.75) is 104 Å². The van der Waals surface area contributed by atoms with Gasteiger partial charge >= 0.3 is 6.18 Å². The summed E-state index contributed by atoms with van der Waals surface area (Å²) in [7, 11) is 0. The lowest BCUT2D eigenvalue weighted by Gasteiger charge is -2.44. The van der Waals surface area contributed by atoms with Crippen molar-refractivity contribution in [2.75, 3.05) is 9.80 Å². The highest BCUT2D eigenvalue weighted by atomic mass is 32.1. The summed E-state index contributed by atoms with van der Waals surface area (Å²) in [5.41, 5.74) is 14.0. The molecule has 0 bridgehead atoms. The predicted octanol–water partition coefficient (Wildman–Crippen LogP) is 14.2. The molecule has 10 rings (SSSR count). The highest BCUT2D eigenvalue weighted by Gasteiger charge is 2.48. The quantitative estimate of drug-likeness (QED) is 0.160. The monoisotopic (exact) mass is 828 g/mol. The number of rotatable bonds is 2. The molecule has 0 fully saturated rings. The molecule has 0 amide bonds. The van der Waals surface area contributed by atoms with Crippen LogP contribution >= 0.6 is 11.3 Å². The second-order valence-electron chi connectivity index (χ2n) is 21.0. The largest absolute Gasteiger partial charge is 0.416 e. The Balaban J connectivity index is 1.34. The SMILES string of the molecule is CC(C)(C)c1ccc(N2c3ccc(C(C)(C)C)cc3B3c4sc5cc6c(cc5c4N(c4ccc(C(C)(C)C)cc4)c4cc(C(F)(F)F)cc2c43)-c2ccccc2C6(C)C)cc1. The molecule has 0 unspecified atom stereocenters. The average molecular weight is 829 g/mol. The first-order valence-electron chi connectivity index (χ1n) is 21.5. The molecule has 308 valence electrons. The van der Waals surface area contributed by atoms with Gasteiger partial charge in [0.1, 0.15) is 0 Å². The van der Waals surface area contributed by atoms with Crippen LogP contribution in [0.25, 0.3) is 21.2 Å². The van der Waals surface area contributed by atoms with Crippen LogP contribution in [0.5, 0.6) is 0 Å². The van der Waals surface area contributed by atoms with Crippen LogP contribution in [-0.2, 0) is 27.8 Å². The third kappa shape index (κ3) is 6.04. The van der Waals surface area contributed by atoms with Gasteiger partial charge in [-0.1, -0.05) is 137 Å². The molecule has 1 aromatic heterocycles. The molecule has 7 heteroatoms. The number of halogens is 3. The maximum Gasteiger partial charge on any atom is 0.416 e. The summed E-state index contributed by atoms with van der Waals surface area (Å²) in [4.78, 5) is 4.25. The first-order chi connectivity index (χ1) is 28.5. The van der Waals surface area contributed by atoms with Crippen molar-refractivity contribution >= 4 is 78.0 Å². The van der Waals surface area contributed by atoms with Crippen LogP contribution in [0.2, 0.25) is 0 Å². The highest BCUT2D eigenvalue weighted by molar-refractivity contribution is 7.33. The van der Waals surface area contributed by atoms with Gasteiger partial charge in [0.15, 0.2) is 0 Å². The maximum absolute atomic E-state index is 15.5. The van der Waals surface area contributed by atoms with Crippen LogP contribution < -0.4 is 25.5 Å². The molecule has 0 N–H and O–H groups in total. The summed E-state index contributed by atoms with van der Waals surface area (Å²) in [6.45, 7) is 24.1. The van der Waals surface area contributed by atoms with Crippen LogP contribution in [0.4, 0.5) is 47.3 Å². The fourth-order valence-electron chi connectivity index (χ4n) is 10.1. The standard InChI is InChI=1S/C54H52BF3N2S/c1-50(2,3)31-16-21-35(22-17-31)59-43-25-20-33(52(7,8)9)26-42(43)55-47-44(59)27-34(54(56,57)58)28-45(47)60(36-23-18-32(19-24-36)51(4,5)6)48-39-29-38-37-14-12-13-15-40(37)53(10,11)41(38)30-46(39)61-49(48)55/h12-30H,1-11H3. The fraction of sp³-hybridized carbons (Fsp3) is 0.296. The van der Waals surface area contributed by atoms with Crippen LogP contribution in [0.15, 0.2) is 115 Å². The smallest absolute Gasteiger partial charge is 0.311 e. The topological polar surface area (TPSA) is 6.48 Å². The minimum atomic E-state index is -4.59. The Morgan fingerprint density at radius 2 is 1.07 bits per heavy atom. The molecule has 7 aromatic rings. The molecule has 6 aromatic carbocycles. The zero-order chi connectivity index (χ0) is 43.3. The van der Waals surface area contributed by atoms with Gasteiger partial charge < -0.3 is 9.80 Å². The van der Waals surface area contributed by atoms with Crippen molar-refractivity contribution in [1.29, 1.82) is 0 Å². The number of benzene rings is 6. The van der Waals surface area contributed by atoms with Crippen molar-refractivity contribution in [2.24, 2.45) is 0 Å². The summed E-state index contributed by atoms with van der Waals surface area (Å²) in [6.07, 6.45) is -4.59. The van der Waals surface area contributed by atoms with Crippen molar-refractivity contribution in [3.63, 3.8) is 0 Å². The van der Waals surface area contributed by atoms with Crippen molar-refractivity contribution in [3.05, 3.63) is 149 Å². The van der Waals surface area contributed by atoms with E-state index in [1.165, 1.54) is 39.9 Å². The minimum Gasteiger partial charge on any atom is -0.311 e. The van der Waals surface area contributed by atoms with Gasteiger partial charge in [0.25, 0.3) is 6.71 Å². The molecule has 1 aliphatic carbocycles. The van der Waals surface area contributed by atoms with Gasteiger partial charge in [-0.15, -0.1) is 11.3 Å². The van der Waals surface area contributed by atoms with Crippen LogP contribution in [0.1, 0.15) is 110 Å². The van der Waals surface area contributed by atoms with Crippen molar-refractivity contribution in [1.82, 2.24) is 0 Å². The molecule has 0 atom stereocenters. The minimum absolute atomic E-state index is 0.0848. The molecule has 0 saturated heterocycles.